The molecule has 44 heavy (non-hydrogen) atoms. The number of benzene rings is 2. The van der Waals surface area contributed by atoms with Crippen LogP contribution in [0.4, 0.5) is 11.4 Å². The van der Waals surface area contributed by atoms with Gasteiger partial charge in [-0.3, -0.25) is 4.79 Å². The minimum Gasteiger partial charge on any atom is -0.486 e. The van der Waals surface area contributed by atoms with Crippen LogP contribution in [-0.2, 0) is 4.79 Å². The lowest BCUT2D eigenvalue weighted by molar-refractivity contribution is -0.121. The number of rotatable bonds is 12. The first-order valence-electron chi connectivity index (χ1n) is 16.2. The molecule has 1 aliphatic heterocycles. The largest absolute Gasteiger partial charge is 0.486 e. The number of amides is 1. The number of hydrogen-bond donors (Lipinski definition) is 2. The second-order valence-electron chi connectivity index (χ2n) is 9.54. The van der Waals surface area contributed by atoms with E-state index in [1.807, 2.05) is 88.4 Å². The maximum atomic E-state index is 12.1. The quantitative estimate of drug-likeness (QED) is 0.199. The van der Waals surface area contributed by atoms with Gasteiger partial charge in [0.05, 0.1) is 19.3 Å². The Morgan fingerprint density at radius 2 is 1.57 bits per heavy atom. The third-order valence-electron chi connectivity index (χ3n) is 6.31. The van der Waals surface area contributed by atoms with E-state index in [4.69, 9.17) is 19.2 Å². The molecule has 4 rings (SSSR count). The van der Waals surface area contributed by atoms with Crippen molar-refractivity contribution in [3.05, 3.63) is 60.7 Å². The number of unbranched alkanes of at least 4 members (excludes halogenated alkanes) is 4. The van der Waals surface area contributed by atoms with Crippen LogP contribution in [0, 0.1) is 0 Å². The van der Waals surface area contributed by atoms with Crippen LogP contribution >= 0.6 is 0 Å². The lowest BCUT2D eigenvalue weighted by Crippen LogP contribution is -2.40. The number of ether oxygens (including phenoxy) is 3. The molecule has 0 saturated carbocycles. The summed E-state index contributed by atoms with van der Waals surface area (Å²) < 4.78 is 17.8. The third kappa shape index (κ3) is 13.7. The molecule has 2 heterocycles. The Hall–Kier alpha value is -3.74. The molecule has 1 aliphatic rings. The van der Waals surface area contributed by atoms with E-state index >= 15 is 0 Å². The van der Waals surface area contributed by atoms with Crippen LogP contribution in [-0.4, -0.2) is 37.3 Å². The number of methoxy groups -OCH3 is 1. The summed E-state index contributed by atoms with van der Waals surface area (Å²) in [6.07, 6.45) is 7.39. The normalized spacial score (nSPS) is 12.3. The summed E-state index contributed by atoms with van der Waals surface area (Å²) in [6, 6.07) is 19.5. The highest BCUT2D eigenvalue weighted by Crippen LogP contribution is 2.41. The van der Waals surface area contributed by atoms with Crippen molar-refractivity contribution in [2.75, 3.05) is 25.6 Å². The van der Waals surface area contributed by atoms with Gasteiger partial charge >= 0.3 is 0 Å². The van der Waals surface area contributed by atoms with Gasteiger partial charge in [-0.25, -0.2) is 4.98 Å². The fourth-order valence-electron chi connectivity index (χ4n) is 4.16. The van der Waals surface area contributed by atoms with E-state index in [2.05, 4.69) is 31.4 Å². The average Bonchev–Trinajstić information content (AvgIpc) is 3.07. The number of fused-ring (bicyclic) bond motifs is 1. The molecule has 7 heteroatoms. The second-order valence-corrected chi connectivity index (χ2v) is 9.54. The summed E-state index contributed by atoms with van der Waals surface area (Å²) in [5, 5.41) is 6.30. The molecule has 1 amide bonds. The van der Waals surface area contributed by atoms with Crippen molar-refractivity contribution in [2.45, 2.75) is 107 Å². The number of pyridine rings is 1. The van der Waals surface area contributed by atoms with Gasteiger partial charge in [-0.15, -0.1) is 0 Å². The standard InChI is InChI=1S/C27H31N3O4.C5H12.2C2H6.CH4/c1-3-4-6-14-25(31)28-17-20-18-33-24-13-9-12-21(26(24)34-20)22-15-16-23(27(30-22)32-2)29-19-10-7-5-8-11-19;1-3-5-4-2;2*1-2;/h5,7-13,15-16,20,29H,3-4,6,14,17-18H2,1-2H3,(H,28,31);3-5H2,1-2H3;2*1-2H3;1H4. The van der Waals surface area contributed by atoms with E-state index in [-0.39, 0.29) is 19.4 Å². The van der Waals surface area contributed by atoms with E-state index in [1.54, 1.807) is 7.11 Å². The molecule has 1 unspecified atom stereocenters. The summed E-state index contributed by atoms with van der Waals surface area (Å²) >= 11 is 0. The van der Waals surface area contributed by atoms with Crippen molar-refractivity contribution >= 4 is 17.3 Å². The molecule has 1 aromatic heterocycles. The summed E-state index contributed by atoms with van der Waals surface area (Å²) in [5.41, 5.74) is 3.23. The van der Waals surface area contributed by atoms with Gasteiger partial charge in [0.15, 0.2) is 11.5 Å². The van der Waals surface area contributed by atoms with Gasteiger partial charge in [-0.1, -0.05) is 112 Å². The minimum absolute atomic E-state index is 0. The van der Waals surface area contributed by atoms with Crippen LogP contribution in [0.1, 0.15) is 101 Å². The fourth-order valence-corrected chi connectivity index (χ4v) is 4.16. The molecule has 0 aliphatic carbocycles. The average molecular weight is 610 g/mol. The number of aromatic nitrogens is 1. The molecule has 7 nitrogen and oxygen atoms in total. The molecule has 0 saturated heterocycles. The molecule has 0 spiro atoms. The first-order chi connectivity index (χ1) is 21.1. The number of anilines is 2. The van der Waals surface area contributed by atoms with Crippen LogP contribution in [0.3, 0.4) is 0 Å². The summed E-state index contributed by atoms with van der Waals surface area (Å²) in [7, 11) is 1.60. The van der Waals surface area contributed by atoms with Crippen LogP contribution < -0.4 is 24.8 Å². The molecule has 3 aromatic rings. The van der Waals surface area contributed by atoms with Crippen molar-refractivity contribution < 1.29 is 19.0 Å². The van der Waals surface area contributed by atoms with Crippen molar-refractivity contribution in [1.29, 1.82) is 0 Å². The summed E-state index contributed by atoms with van der Waals surface area (Å²) in [5.74, 6) is 1.81. The maximum absolute atomic E-state index is 12.1. The maximum Gasteiger partial charge on any atom is 0.238 e. The van der Waals surface area contributed by atoms with E-state index in [9.17, 15) is 4.79 Å². The van der Waals surface area contributed by atoms with Crippen LogP contribution in [0.2, 0.25) is 0 Å². The topological polar surface area (TPSA) is 81.7 Å². The Kier molecular flexibility index (Phi) is 22.6. The summed E-state index contributed by atoms with van der Waals surface area (Å²) in [4.78, 5) is 16.8. The van der Waals surface area contributed by atoms with E-state index in [1.165, 1.54) is 19.3 Å². The second kappa shape index (κ2) is 24.7. The van der Waals surface area contributed by atoms with Crippen molar-refractivity contribution in [2.24, 2.45) is 0 Å². The number of nitrogens with one attached hydrogen (secondary N) is 2. The number of carbonyl (C=O) groups is 1. The highest BCUT2D eigenvalue weighted by molar-refractivity contribution is 5.76. The first-order valence-corrected chi connectivity index (χ1v) is 16.2. The van der Waals surface area contributed by atoms with Crippen LogP contribution in [0.5, 0.6) is 17.4 Å². The van der Waals surface area contributed by atoms with Crippen molar-refractivity contribution in [3.63, 3.8) is 0 Å². The highest BCUT2D eigenvalue weighted by Gasteiger charge is 2.25. The van der Waals surface area contributed by atoms with Crippen LogP contribution in [0.25, 0.3) is 11.3 Å². The van der Waals surface area contributed by atoms with Gasteiger partial charge in [-0.05, 0) is 42.8 Å². The molecule has 0 bridgehead atoms. The predicted octanol–water partition coefficient (Wildman–Crippen LogP) is 10.2. The van der Waals surface area contributed by atoms with E-state index in [0.717, 1.165) is 36.2 Å². The molecule has 2 aromatic carbocycles. The Balaban J connectivity index is 0.00000166. The van der Waals surface area contributed by atoms with Crippen molar-refractivity contribution in [3.8, 4) is 28.6 Å². The molecular formula is C37H59N3O4. The van der Waals surface area contributed by atoms with E-state index in [0.29, 0.717) is 42.6 Å². The zero-order chi connectivity index (χ0) is 31.9. The van der Waals surface area contributed by atoms with Crippen LogP contribution in [0.15, 0.2) is 60.7 Å². The number of para-hydroxylation sites is 2. The lowest BCUT2D eigenvalue weighted by Gasteiger charge is -2.28. The van der Waals surface area contributed by atoms with Gasteiger partial charge < -0.3 is 24.8 Å². The molecule has 0 radical (unpaired) electrons. The van der Waals surface area contributed by atoms with E-state index < -0.39 is 0 Å². The Morgan fingerprint density at radius 3 is 2.18 bits per heavy atom. The predicted molar refractivity (Wildman–Crippen MR) is 188 cm³/mol. The molecule has 2 N–H and O–H groups in total. The fraction of sp³-hybridized carbons (Fsp3) is 0.514. The first kappa shape index (κ1) is 40.3. The van der Waals surface area contributed by atoms with Crippen molar-refractivity contribution in [1.82, 2.24) is 10.3 Å². The smallest absolute Gasteiger partial charge is 0.238 e. The minimum atomic E-state index is -0.273. The molecule has 246 valence electrons. The lowest BCUT2D eigenvalue weighted by atomic mass is 10.1. The Bertz CT molecular complexity index is 1150. The zero-order valence-electron chi connectivity index (χ0n) is 27.8. The molecule has 0 fully saturated rings. The Labute approximate surface area is 268 Å². The molecular weight excluding hydrogens is 550 g/mol. The highest BCUT2D eigenvalue weighted by atomic mass is 16.6. The molecule has 1 atom stereocenters. The number of nitrogens with zero attached hydrogens (tertiary/aromatic N) is 1. The number of hydrogen-bond acceptors (Lipinski definition) is 6. The Morgan fingerprint density at radius 1 is 0.886 bits per heavy atom. The summed E-state index contributed by atoms with van der Waals surface area (Å²) in [6.45, 7) is 15.3. The number of carbonyl (C=O) groups excluding carboxylic acids is 1. The van der Waals surface area contributed by atoms with Gasteiger partial charge in [0.25, 0.3) is 0 Å². The third-order valence-corrected chi connectivity index (χ3v) is 6.31. The van der Waals surface area contributed by atoms with Gasteiger partial charge in [0.2, 0.25) is 11.8 Å². The SMILES string of the molecule is C.CC.CC.CCCCC.CCCCCC(=O)NCC1COc2cccc(-c3ccc(Nc4ccccc4)c(OC)n3)c2O1. The zero-order valence-corrected chi connectivity index (χ0v) is 27.8. The van der Waals surface area contributed by atoms with Gasteiger partial charge in [0.1, 0.15) is 18.4 Å². The van der Waals surface area contributed by atoms with Gasteiger partial charge in [0, 0.05) is 17.7 Å². The monoisotopic (exact) mass is 609 g/mol. The van der Waals surface area contributed by atoms with Gasteiger partial charge in [-0.2, -0.15) is 0 Å².